The zero-order valence-corrected chi connectivity index (χ0v) is 9.45. The highest BCUT2D eigenvalue weighted by Gasteiger charge is 2.43. The largest absolute Gasteiger partial charge is 0.396 e. The van der Waals surface area contributed by atoms with Gasteiger partial charge in [-0.15, -0.1) is 0 Å². The maximum atomic E-state index is 5.93. The van der Waals surface area contributed by atoms with Gasteiger partial charge in [-0.25, -0.2) is 0 Å². The van der Waals surface area contributed by atoms with E-state index in [0.29, 0.717) is 5.41 Å². The number of hydrogen-bond donors (Lipinski definition) is 2. The van der Waals surface area contributed by atoms with Crippen LogP contribution in [0, 0.1) is 5.41 Å². The van der Waals surface area contributed by atoms with Crippen LogP contribution in [0.4, 0.5) is 11.4 Å². The lowest BCUT2D eigenvalue weighted by Gasteiger charge is -2.53. The van der Waals surface area contributed by atoms with Gasteiger partial charge >= 0.3 is 0 Å². The Morgan fingerprint density at radius 2 is 2.06 bits per heavy atom. The van der Waals surface area contributed by atoms with E-state index in [4.69, 9.17) is 5.73 Å². The first-order valence-corrected chi connectivity index (χ1v) is 5.94. The minimum atomic E-state index is 0.557. The van der Waals surface area contributed by atoms with E-state index in [2.05, 4.69) is 15.2 Å². The zero-order chi connectivity index (χ0) is 11.0. The monoisotopic (exact) mass is 218 g/mol. The number of aromatic nitrogens is 1. The average Bonchev–Trinajstić information content (AvgIpc) is 2.28. The van der Waals surface area contributed by atoms with Crippen LogP contribution in [0.25, 0.3) is 0 Å². The maximum Gasteiger partial charge on any atom is 0.0738 e. The SMILES string of the molecule is Nc1cnccc1N1CC2(CCNCC2)C1. The molecule has 16 heavy (non-hydrogen) atoms. The lowest BCUT2D eigenvalue weighted by Crippen LogP contribution is -2.60. The van der Waals surface area contributed by atoms with Gasteiger partial charge in [0.25, 0.3) is 0 Å². The summed E-state index contributed by atoms with van der Waals surface area (Å²) in [5.74, 6) is 0. The molecule has 0 atom stereocenters. The van der Waals surface area contributed by atoms with Crippen molar-refractivity contribution in [1.82, 2.24) is 10.3 Å². The van der Waals surface area contributed by atoms with Gasteiger partial charge in [-0.05, 0) is 32.0 Å². The van der Waals surface area contributed by atoms with Crippen LogP contribution >= 0.6 is 0 Å². The van der Waals surface area contributed by atoms with Gasteiger partial charge < -0.3 is 16.0 Å². The summed E-state index contributed by atoms with van der Waals surface area (Å²) in [5, 5.41) is 3.42. The smallest absolute Gasteiger partial charge is 0.0738 e. The summed E-state index contributed by atoms with van der Waals surface area (Å²) in [6, 6.07) is 2.02. The molecule has 2 saturated heterocycles. The number of anilines is 2. The quantitative estimate of drug-likeness (QED) is 0.734. The minimum Gasteiger partial charge on any atom is -0.396 e. The van der Waals surface area contributed by atoms with E-state index >= 15 is 0 Å². The van der Waals surface area contributed by atoms with E-state index in [9.17, 15) is 0 Å². The Hall–Kier alpha value is -1.29. The summed E-state index contributed by atoms with van der Waals surface area (Å²) in [4.78, 5) is 6.41. The second-order valence-corrected chi connectivity index (χ2v) is 5.04. The molecule has 2 fully saturated rings. The number of pyridine rings is 1. The van der Waals surface area contributed by atoms with Crippen molar-refractivity contribution in [2.45, 2.75) is 12.8 Å². The molecule has 3 heterocycles. The number of piperidine rings is 1. The van der Waals surface area contributed by atoms with Crippen LogP contribution in [-0.2, 0) is 0 Å². The van der Waals surface area contributed by atoms with Crippen molar-refractivity contribution in [2.75, 3.05) is 36.8 Å². The van der Waals surface area contributed by atoms with E-state index in [0.717, 1.165) is 24.5 Å². The van der Waals surface area contributed by atoms with Crippen LogP contribution in [0.5, 0.6) is 0 Å². The van der Waals surface area contributed by atoms with Crippen LogP contribution in [-0.4, -0.2) is 31.2 Å². The second-order valence-electron chi connectivity index (χ2n) is 5.04. The Labute approximate surface area is 95.8 Å². The molecule has 86 valence electrons. The van der Waals surface area contributed by atoms with Gasteiger partial charge in [0.1, 0.15) is 0 Å². The van der Waals surface area contributed by atoms with E-state index in [1.165, 1.54) is 25.9 Å². The Balaban J connectivity index is 1.71. The molecule has 2 aliphatic rings. The van der Waals surface area contributed by atoms with Crippen molar-refractivity contribution < 1.29 is 0 Å². The molecule has 4 heteroatoms. The molecule has 4 nitrogen and oxygen atoms in total. The third kappa shape index (κ3) is 1.53. The lowest BCUT2D eigenvalue weighted by atomic mass is 9.72. The molecular formula is C12H18N4. The van der Waals surface area contributed by atoms with Crippen molar-refractivity contribution in [3.05, 3.63) is 18.5 Å². The van der Waals surface area contributed by atoms with Gasteiger partial charge in [-0.2, -0.15) is 0 Å². The van der Waals surface area contributed by atoms with Gasteiger partial charge in [0.05, 0.1) is 17.6 Å². The van der Waals surface area contributed by atoms with Crippen molar-refractivity contribution >= 4 is 11.4 Å². The number of hydrogen-bond acceptors (Lipinski definition) is 4. The van der Waals surface area contributed by atoms with E-state index in [1.807, 2.05) is 12.3 Å². The number of nitrogens with zero attached hydrogens (tertiary/aromatic N) is 2. The summed E-state index contributed by atoms with van der Waals surface area (Å²) >= 11 is 0. The third-order valence-corrected chi connectivity index (χ3v) is 3.89. The van der Waals surface area contributed by atoms with Crippen molar-refractivity contribution in [1.29, 1.82) is 0 Å². The molecule has 1 spiro atoms. The van der Waals surface area contributed by atoms with Gasteiger partial charge in [0, 0.05) is 24.7 Å². The van der Waals surface area contributed by atoms with Crippen LogP contribution in [0.3, 0.4) is 0 Å². The molecule has 2 aliphatic heterocycles. The zero-order valence-electron chi connectivity index (χ0n) is 9.45. The molecule has 0 aromatic carbocycles. The molecular weight excluding hydrogens is 200 g/mol. The number of nitrogens with two attached hydrogens (primary N) is 1. The minimum absolute atomic E-state index is 0.557. The first kappa shape index (κ1) is 9.90. The van der Waals surface area contributed by atoms with Gasteiger partial charge in [0.15, 0.2) is 0 Å². The highest BCUT2D eigenvalue weighted by molar-refractivity contribution is 5.67. The second kappa shape index (κ2) is 3.63. The standard InChI is InChI=1S/C12H18N4/c13-10-7-15-4-1-11(10)16-8-12(9-16)2-5-14-6-3-12/h1,4,7,14H,2-3,5-6,8-9,13H2. The summed E-state index contributed by atoms with van der Waals surface area (Å²) < 4.78 is 0. The average molecular weight is 218 g/mol. The van der Waals surface area contributed by atoms with Crippen molar-refractivity contribution in [3.8, 4) is 0 Å². The molecule has 3 N–H and O–H groups in total. The molecule has 0 aliphatic carbocycles. The molecule has 1 aromatic heterocycles. The number of nitrogen functional groups attached to an aromatic ring is 1. The van der Waals surface area contributed by atoms with Crippen LogP contribution < -0.4 is 16.0 Å². The molecule has 0 saturated carbocycles. The van der Waals surface area contributed by atoms with E-state index < -0.39 is 0 Å². The lowest BCUT2D eigenvalue weighted by molar-refractivity contribution is 0.150. The number of rotatable bonds is 1. The molecule has 0 bridgehead atoms. The maximum absolute atomic E-state index is 5.93. The van der Waals surface area contributed by atoms with Crippen molar-refractivity contribution in [3.63, 3.8) is 0 Å². The molecule has 1 aromatic rings. The predicted octanol–water partition coefficient (Wildman–Crippen LogP) is 0.854. The summed E-state index contributed by atoms with van der Waals surface area (Å²) in [7, 11) is 0. The van der Waals surface area contributed by atoms with Crippen LogP contribution in [0.15, 0.2) is 18.5 Å². The van der Waals surface area contributed by atoms with Crippen molar-refractivity contribution in [2.24, 2.45) is 5.41 Å². The summed E-state index contributed by atoms with van der Waals surface area (Å²) in [6.45, 7) is 4.64. The topological polar surface area (TPSA) is 54.2 Å². The van der Waals surface area contributed by atoms with Gasteiger partial charge in [-0.1, -0.05) is 0 Å². The van der Waals surface area contributed by atoms with Crippen LogP contribution in [0.2, 0.25) is 0 Å². The highest BCUT2D eigenvalue weighted by Crippen LogP contribution is 2.42. The normalized spacial score (nSPS) is 23.1. The third-order valence-electron chi connectivity index (χ3n) is 3.89. The molecule has 3 rings (SSSR count). The molecule has 0 radical (unpaired) electrons. The number of nitrogens with one attached hydrogen (secondary N) is 1. The Kier molecular flexibility index (Phi) is 2.24. The van der Waals surface area contributed by atoms with E-state index in [-0.39, 0.29) is 0 Å². The van der Waals surface area contributed by atoms with Crippen LogP contribution in [0.1, 0.15) is 12.8 Å². The predicted molar refractivity (Wildman–Crippen MR) is 65.4 cm³/mol. The molecule has 0 amide bonds. The highest BCUT2D eigenvalue weighted by atomic mass is 15.2. The summed E-state index contributed by atoms with van der Waals surface area (Å²) in [6.07, 6.45) is 6.16. The fourth-order valence-corrected chi connectivity index (χ4v) is 2.89. The van der Waals surface area contributed by atoms with E-state index in [1.54, 1.807) is 6.20 Å². The Morgan fingerprint density at radius 1 is 1.31 bits per heavy atom. The first-order chi connectivity index (χ1) is 7.79. The van der Waals surface area contributed by atoms with Gasteiger partial charge in [-0.3, -0.25) is 4.98 Å². The Morgan fingerprint density at radius 3 is 2.75 bits per heavy atom. The molecule has 0 unspecified atom stereocenters. The summed E-state index contributed by atoms with van der Waals surface area (Å²) in [5.41, 5.74) is 8.44. The fourth-order valence-electron chi connectivity index (χ4n) is 2.89. The fraction of sp³-hybridized carbons (Fsp3) is 0.583. The first-order valence-electron chi connectivity index (χ1n) is 5.94. The Bertz CT molecular complexity index is 376. The van der Waals surface area contributed by atoms with Gasteiger partial charge in [0.2, 0.25) is 0 Å².